The maximum atomic E-state index is 6.19. The van der Waals surface area contributed by atoms with Crippen molar-refractivity contribution in [3.05, 3.63) is 62.6 Å². The minimum atomic E-state index is 0.0659. The van der Waals surface area contributed by atoms with Crippen LogP contribution in [0.1, 0.15) is 29.7 Å². The van der Waals surface area contributed by atoms with Crippen molar-refractivity contribution in [3.63, 3.8) is 0 Å². The highest BCUT2D eigenvalue weighted by molar-refractivity contribution is 9.10. The molecule has 4 heteroatoms. The van der Waals surface area contributed by atoms with Gasteiger partial charge >= 0.3 is 0 Å². The van der Waals surface area contributed by atoms with Crippen LogP contribution in [-0.2, 0) is 6.42 Å². The van der Waals surface area contributed by atoms with Crippen LogP contribution in [0.2, 0.25) is 5.02 Å². The number of benzene rings is 2. The van der Waals surface area contributed by atoms with E-state index in [1.807, 2.05) is 18.2 Å². The molecule has 110 valence electrons. The van der Waals surface area contributed by atoms with Gasteiger partial charge < -0.3 is 10.1 Å². The highest BCUT2D eigenvalue weighted by Crippen LogP contribution is 2.38. The van der Waals surface area contributed by atoms with Gasteiger partial charge in [0.15, 0.2) is 0 Å². The molecule has 0 radical (unpaired) electrons. The summed E-state index contributed by atoms with van der Waals surface area (Å²) in [5.41, 5.74) is 3.59. The molecular formula is C17H17BrClNO. The minimum absolute atomic E-state index is 0.0659. The van der Waals surface area contributed by atoms with Gasteiger partial charge in [-0.25, -0.2) is 0 Å². The zero-order valence-electron chi connectivity index (χ0n) is 11.8. The van der Waals surface area contributed by atoms with Crippen LogP contribution >= 0.6 is 27.5 Å². The van der Waals surface area contributed by atoms with Crippen molar-refractivity contribution in [2.75, 3.05) is 13.2 Å². The predicted octanol–water partition coefficient (Wildman–Crippen LogP) is 4.74. The number of rotatable bonds is 4. The van der Waals surface area contributed by atoms with E-state index in [9.17, 15) is 0 Å². The lowest BCUT2D eigenvalue weighted by Gasteiger charge is -2.22. The SMILES string of the molecule is CCNC(c1cc(Cl)ccc1Br)c1cccc2c1OCC2. The van der Waals surface area contributed by atoms with Gasteiger partial charge in [0, 0.05) is 21.5 Å². The second-order valence-corrected chi connectivity index (χ2v) is 6.38. The Kier molecular flexibility index (Phi) is 4.53. The summed E-state index contributed by atoms with van der Waals surface area (Å²) in [6, 6.07) is 12.3. The van der Waals surface area contributed by atoms with Crippen LogP contribution in [-0.4, -0.2) is 13.2 Å². The Morgan fingerprint density at radius 3 is 2.95 bits per heavy atom. The van der Waals surface area contributed by atoms with Crippen LogP contribution in [0, 0.1) is 0 Å². The summed E-state index contributed by atoms with van der Waals surface area (Å²) in [6.45, 7) is 3.74. The Bertz CT molecular complexity index is 659. The monoisotopic (exact) mass is 365 g/mol. The zero-order valence-corrected chi connectivity index (χ0v) is 14.2. The van der Waals surface area contributed by atoms with E-state index < -0.39 is 0 Å². The van der Waals surface area contributed by atoms with E-state index in [1.165, 1.54) is 11.1 Å². The molecule has 0 saturated carbocycles. The fraction of sp³-hybridized carbons (Fsp3) is 0.294. The molecule has 1 heterocycles. The van der Waals surface area contributed by atoms with Crippen molar-refractivity contribution in [2.45, 2.75) is 19.4 Å². The molecule has 1 aliphatic rings. The second kappa shape index (κ2) is 6.39. The number of nitrogens with one attached hydrogen (secondary N) is 1. The number of hydrogen-bond acceptors (Lipinski definition) is 2. The van der Waals surface area contributed by atoms with E-state index in [0.717, 1.165) is 40.4 Å². The first-order valence-electron chi connectivity index (χ1n) is 7.13. The molecule has 0 spiro atoms. The summed E-state index contributed by atoms with van der Waals surface area (Å²) < 4.78 is 6.91. The van der Waals surface area contributed by atoms with Gasteiger partial charge in [-0.3, -0.25) is 0 Å². The molecule has 0 amide bonds. The molecule has 2 aromatic carbocycles. The molecule has 1 unspecified atom stereocenters. The van der Waals surface area contributed by atoms with Crippen molar-refractivity contribution >= 4 is 27.5 Å². The molecule has 0 saturated heterocycles. The molecule has 1 aliphatic heterocycles. The Morgan fingerprint density at radius 2 is 2.14 bits per heavy atom. The molecule has 2 aromatic rings. The number of fused-ring (bicyclic) bond motifs is 1. The van der Waals surface area contributed by atoms with Gasteiger partial charge in [0.05, 0.1) is 12.6 Å². The maximum Gasteiger partial charge on any atom is 0.127 e. The van der Waals surface area contributed by atoms with Crippen LogP contribution < -0.4 is 10.1 Å². The highest BCUT2D eigenvalue weighted by atomic mass is 79.9. The summed E-state index contributed by atoms with van der Waals surface area (Å²) in [5, 5.41) is 4.28. The lowest BCUT2D eigenvalue weighted by atomic mass is 9.95. The van der Waals surface area contributed by atoms with Gasteiger partial charge in [0.2, 0.25) is 0 Å². The molecule has 1 atom stereocenters. The van der Waals surface area contributed by atoms with E-state index >= 15 is 0 Å². The highest BCUT2D eigenvalue weighted by Gasteiger charge is 2.24. The maximum absolute atomic E-state index is 6.19. The van der Waals surface area contributed by atoms with Crippen LogP contribution in [0.25, 0.3) is 0 Å². The topological polar surface area (TPSA) is 21.3 Å². The second-order valence-electron chi connectivity index (χ2n) is 5.09. The van der Waals surface area contributed by atoms with E-state index in [1.54, 1.807) is 0 Å². The quantitative estimate of drug-likeness (QED) is 0.844. The molecule has 0 aromatic heterocycles. The van der Waals surface area contributed by atoms with E-state index in [0.29, 0.717) is 0 Å². The standard InChI is InChI=1S/C17H17BrClNO/c1-2-20-16(14-10-12(19)6-7-15(14)18)13-5-3-4-11-8-9-21-17(11)13/h3-7,10,16,20H,2,8-9H2,1H3. The first kappa shape index (κ1) is 14.9. The lowest BCUT2D eigenvalue weighted by molar-refractivity contribution is 0.350. The first-order chi connectivity index (χ1) is 10.2. The van der Waals surface area contributed by atoms with Crippen LogP contribution in [0.3, 0.4) is 0 Å². The van der Waals surface area contributed by atoms with Gasteiger partial charge in [-0.05, 0) is 35.9 Å². The van der Waals surface area contributed by atoms with E-state index in [-0.39, 0.29) is 6.04 Å². The van der Waals surface area contributed by atoms with E-state index in [2.05, 4.69) is 46.4 Å². The normalized spacial score (nSPS) is 14.6. The summed E-state index contributed by atoms with van der Waals surface area (Å²) >= 11 is 9.83. The average molecular weight is 367 g/mol. The van der Waals surface area contributed by atoms with Gasteiger partial charge in [-0.15, -0.1) is 0 Å². The molecule has 0 fully saturated rings. The Balaban J connectivity index is 2.10. The third-order valence-electron chi connectivity index (χ3n) is 3.73. The number of halogens is 2. The summed E-state index contributed by atoms with van der Waals surface area (Å²) in [4.78, 5) is 0. The van der Waals surface area contributed by atoms with Gasteiger partial charge in [-0.1, -0.05) is 52.7 Å². The molecule has 3 rings (SSSR count). The Morgan fingerprint density at radius 1 is 1.29 bits per heavy atom. The third-order valence-corrected chi connectivity index (χ3v) is 4.69. The lowest BCUT2D eigenvalue weighted by Crippen LogP contribution is -2.23. The van der Waals surface area contributed by atoms with Gasteiger partial charge in [-0.2, -0.15) is 0 Å². The first-order valence-corrected chi connectivity index (χ1v) is 8.30. The van der Waals surface area contributed by atoms with Crippen molar-refractivity contribution < 1.29 is 4.74 Å². The summed E-state index contributed by atoms with van der Waals surface area (Å²) in [7, 11) is 0. The molecule has 21 heavy (non-hydrogen) atoms. The Hall–Kier alpha value is -1.03. The molecule has 0 aliphatic carbocycles. The van der Waals surface area contributed by atoms with Crippen molar-refractivity contribution in [1.29, 1.82) is 0 Å². The van der Waals surface area contributed by atoms with Crippen LogP contribution in [0.15, 0.2) is 40.9 Å². The minimum Gasteiger partial charge on any atom is -0.493 e. The van der Waals surface area contributed by atoms with Crippen molar-refractivity contribution in [3.8, 4) is 5.75 Å². The molecule has 1 N–H and O–H groups in total. The predicted molar refractivity (Wildman–Crippen MR) is 90.3 cm³/mol. The molecule has 0 bridgehead atoms. The van der Waals surface area contributed by atoms with Crippen LogP contribution in [0.4, 0.5) is 0 Å². The van der Waals surface area contributed by atoms with Crippen molar-refractivity contribution in [1.82, 2.24) is 5.32 Å². The number of hydrogen-bond donors (Lipinski definition) is 1. The number of ether oxygens (including phenoxy) is 1. The average Bonchev–Trinajstić information content (AvgIpc) is 2.96. The van der Waals surface area contributed by atoms with Crippen LogP contribution in [0.5, 0.6) is 5.75 Å². The van der Waals surface area contributed by atoms with Gasteiger partial charge in [0.25, 0.3) is 0 Å². The largest absolute Gasteiger partial charge is 0.493 e. The van der Waals surface area contributed by atoms with E-state index in [4.69, 9.17) is 16.3 Å². The molecule has 2 nitrogen and oxygen atoms in total. The smallest absolute Gasteiger partial charge is 0.127 e. The Labute approximate surface area is 138 Å². The fourth-order valence-corrected chi connectivity index (χ4v) is 3.45. The number of para-hydroxylation sites is 1. The van der Waals surface area contributed by atoms with Gasteiger partial charge in [0.1, 0.15) is 5.75 Å². The van der Waals surface area contributed by atoms with Crippen molar-refractivity contribution in [2.24, 2.45) is 0 Å². The third kappa shape index (κ3) is 2.96. The molecular weight excluding hydrogens is 350 g/mol. The fourth-order valence-electron chi connectivity index (χ4n) is 2.80. The summed E-state index contributed by atoms with van der Waals surface area (Å²) in [5.74, 6) is 1.02. The summed E-state index contributed by atoms with van der Waals surface area (Å²) in [6.07, 6.45) is 0.985. The zero-order chi connectivity index (χ0) is 14.8.